The van der Waals surface area contributed by atoms with Gasteiger partial charge in [0, 0.05) is 24.8 Å². The van der Waals surface area contributed by atoms with Gasteiger partial charge in [0.25, 0.3) is 0 Å². The Morgan fingerprint density at radius 1 is 0.833 bits per heavy atom. The topological polar surface area (TPSA) is 25.8 Å². The molecule has 2 heterocycles. The largest absolute Gasteiger partial charge is 0.265 e. The standard InChI is InChI=1S/C10H8N2/c1-5-11-6-2-9(1)10-3-7-12-8-4-10/h1-8H/i1D. The summed E-state index contributed by atoms with van der Waals surface area (Å²) in [7, 11) is 0. The molecule has 2 aromatic rings. The van der Waals surface area contributed by atoms with Gasteiger partial charge in [-0.3, -0.25) is 9.97 Å². The van der Waals surface area contributed by atoms with Crippen molar-refractivity contribution < 1.29 is 1.37 Å². The van der Waals surface area contributed by atoms with Crippen molar-refractivity contribution in [1.29, 1.82) is 0 Å². The van der Waals surface area contributed by atoms with Crippen LogP contribution in [0, 0.1) is 0 Å². The molecule has 2 nitrogen and oxygen atoms in total. The lowest BCUT2D eigenvalue weighted by atomic mass is 10.1. The van der Waals surface area contributed by atoms with Crippen molar-refractivity contribution in [3.8, 4) is 11.1 Å². The second kappa shape index (κ2) is 3.13. The summed E-state index contributed by atoms with van der Waals surface area (Å²) in [6.07, 6.45) is 6.66. The third-order valence-corrected chi connectivity index (χ3v) is 1.61. The van der Waals surface area contributed by atoms with Gasteiger partial charge in [-0.1, -0.05) is 0 Å². The van der Waals surface area contributed by atoms with Gasteiger partial charge in [-0.15, -0.1) is 0 Å². The smallest absolute Gasteiger partial charge is 0.0646 e. The molecule has 0 saturated heterocycles. The number of hydrogen-bond donors (Lipinski definition) is 0. The summed E-state index contributed by atoms with van der Waals surface area (Å²) in [6.45, 7) is 0. The zero-order valence-corrected chi connectivity index (χ0v) is 6.44. The average molecular weight is 157 g/mol. The van der Waals surface area contributed by atoms with E-state index in [1.54, 1.807) is 18.6 Å². The van der Waals surface area contributed by atoms with Crippen molar-refractivity contribution in [2.75, 3.05) is 0 Å². The molecule has 0 unspecified atom stereocenters. The van der Waals surface area contributed by atoms with Crippen LogP contribution in [0.5, 0.6) is 0 Å². The van der Waals surface area contributed by atoms with Gasteiger partial charge >= 0.3 is 0 Å². The number of rotatable bonds is 1. The van der Waals surface area contributed by atoms with Gasteiger partial charge in [0.05, 0.1) is 1.37 Å². The first-order chi connectivity index (χ1) is 6.38. The van der Waals surface area contributed by atoms with E-state index in [1.807, 2.05) is 18.2 Å². The van der Waals surface area contributed by atoms with Crippen LogP contribution in [-0.4, -0.2) is 9.97 Å². The van der Waals surface area contributed by atoms with Crippen molar-refractivity contribution in [2.45, 2.75) is 0 Å². The van der Waals surface area contributed by atoms with Gasteiger partial charge < -0.3 is 0 Å². The predicted molar refractivity (Wildman–Crippen MR) is 47.5 cm³/mol. The fourth-order valence-corrected chi connectivity index (χ4v) is 1.03. The molecule has 12 heavy (non-hydrogen) atoms. The Hall–Kier alpha value is -1.70. The number of nitrogens with zero attached hydrogens (tertiary/aromatic N) is 2. The Kier molecular flexibility index (Phi) is 1.54. The molecule has 2 aromatic heterocycles. The van der Waals surface area contributed by atoms with Crippen LogP contribution in [0.1, 0.15) is 1.37 Å². The first-order valence-electron chi connectivity index (χ1n) is 4.19. The summed E-state index contributed by atoms with van der Waals surface area (Å²) < 4.78 is 7.63. The molecule has 0 amide bonds. The van der Waals surface area contributed by atoms with E-state index in [0.29, 0.717) is 6.04 Å². The lowest BCUT2D eigenvalue weighted by Crippen LogP contribution is -1.77. The Morgan fingerprint density at radius 3 is 2.08 bits per heavy atom. The minimum atomic E-state index is 0.439. The fourth-order valence-electron chi connectivity index (χ4n) is 1.03. The summed E-state index contributed by atoms with van der Waals surface area (Å²) in [5.41, 5.74) is 1.89. The third-order valence-electron chi connectivity index (χ3n) is 1.61. The SMILES string of the molecule is [2H]c1cnccc1-c1ccncc1. The lowest BCUT2D eigenvalue weighted by Gasteiger charge is -1.97. The van der Waals surface area contributed by atoms with E-state index in [9.17, 15) is 0 Å². The van der Waals surface area contributed by atoms with Gasteiger partial charge in [0.15, 0.2) is 0 Å². The van der Waals surface area contributed by atoms with Crippen LogP contribution < -0.4 is 0 Å². The minimum Gasteiger partial charge on any atom is -0.265 e. The van der Waals surface area contributed by atoms with E-state index in [0.717, 1.165) is 11.1 Å². The number of hydrogen-bond acceptors (Lipinski definition) is 2. The van der Waals surface area contributed by atoms with Crippen molar-refractivity contribution in [3.63, 3.8) is 0 Å². The molecule has 0 spiro atoms. The number of pyridine rings is 2. The third kappa shape index (κ3) is 1.32. The summed E-state index contributed by atoms with van der Waals surface area (Å²) in [6, 6.07) is 6.03. The van der Waals surface area contributed by atoms with Crippen molar-refractivity contribution >= 4 is 0 Å². The van der Waals surface area contributed by atoms with Crippen LogP contribution in [0.15, 0.2) is 49.0 Å². The molecule has 0 aliphatic carbocycles. The van der Waals surface area contributed by atoms with Crippen molar-refractivity contribution in [2.24, 2.45) is 0 Å². The molecule has 0 bridgehead atoms. The maximum Gasteiger partial charge on any atom is 0.0646 e. The van der Waals surface area contributed by atoms with Crippen LogP contribution in [-0.2, 0) is 0 Å². The first-order valence-corrected chi connectivity index (χ1v) is 3.69. The predicted octanol–water partition coefficient (Wildman–Crippen LogP) is 2.14. The van der Waals surface area contributed by atoms with E-state index < -0.39 is 0 Å². The summed E-state index contributed by atoms with van der Waals surface area (Å²) in [5, 5.41) is 0. The fraction of sp³-hybridized carbons (Fsp3) is 0. The molecule has 0 aromatic carbocycles. The van der Waals surface area contributed by atoms with Gasteiger partial charge in [-0.25, -0.2) is 0 Å². The van der Waals surface area contributed by atoms with Gasteiger partial charge in [-0.2, -0.15) is 0 Å². The Morgan fingerprint density at radius 2 is 1.42 bits per heavy atom. The van der Waals surface area contributed by atoms with E-state index in [2.05, 4.69) is 9.97 Å². The zero-order chi connectivity index (χ0) is 9.10. The summed E-state index contributed by atoms with van der Waals surface area (Å²) >= 11 is 0. The molecule has 0 radical (unpaired) electrons. The molecular formula is C10H8N2. The van der Waals surface area contributed by atoms with Crippen LogP contribution in [0.4, 0.5) is 0 Å². The van der Waals surface area contributed by atoms with Gasteiger partial charge in [0.2, 0.25) is 0 Å². The van der Waals surface area contributed by atoms with E-state index in [1.165, 1.54) is 6.20 Å². The highest BCUT2D eigenvalue weighted by molar-refractivity contribution is 5.61. The van der Waals surface area contributed by atoms with Crippen LogP contribution in [0.3, 0.4) is 0 Å². The highest BCUT2D eigenvalue weighted by Gasteiger charge is 1.92. The molecule has 0 saturated carbocycles. The lowest BCUT2D eigenvalue weighted by molar-refractivity contribution is 1.31. The molecule has 2 rings (SSSR count). The summed E-state index contributed by atoms with van der Waals surface area (Å²) in [4.78, 5) is 7.79. The molecule has 0 aliphatic rings. The normalized spacial score (nSPS) is 10.8. The monoisotopic (exact) mass is 157 g/mol. The molecule has 0 N–H and O–H groups in total. The molecule has 2 heteroatoms. The molecule has 0 fully saturated rings. The maximum atomic E-state index is 7.63. The van der Waals surface area contributed by atoms with E-state index in [4.69, 9.17) is 1.37 Å². The Bertz CT molecular complexity index is 401. The maximum absolute atomic E-state index is 7.63. The Labute approximate surface area is 72.3 Å². The molecule has 58 valence electrons. The molecule has 0 aliphatic heterocycles. The van der Waals surface area contributed by atoms with Crippen molar-refractivity contribution in [1.82, 2.24) is 9.97 Å². The summed E-state index contributed by atoms with van der Waals surface area (Å²) in [5.74, 6) is 0. The highest BCUT2D eigenvalue weighted by Crippen LogP contribution is 2.15. The average Bonchev–Trinajstić information content (AvgIpc) is 2.20. The molecular weight excluding hydrogens is 148 g/mol. The van der Waals surface area contributed by atoms with Crippen LogP contribution >= 0.6 is 0 Å². The van der Waals surface area contributed by atoms with Gasteiger partial charge in [-0.05, 0) is 35.4 Å². The quantitative estimate of drug-likeness (QED) is 0.633. The second-order valence-electron chi connectivity index (χ2n) is 2.39. The Balaban J connectivity index is 2.54. The van der Waals surface area contributed by atoms with Crippen molar-refractivity contribution in [3.05, 3.63) is 49.0 Å². The molecule has 0 atom stereocenters. The van der Waals surface area contributed by atoms with E-state index >= 15 is 0 Å². The second-order valence-corrected chi connectivity index (χ2v) is 2.39. The van der Waals surface area contributed by atoms with E-state index in [-0.39, 0.29) is 0 Å². The number of aromatic nitrogens is 2. The van der Waals surface area contributed by atoms with Crippen LogP contribution in [0.25, 0.3) is 11.1 Å². The first kappa shape index (κ1) is 5.89. The van der Waals surface area contributed by atoms with Crippen LogP contribution in [0.2, 0.25) is 0 Å². The minimum absolute atomic E-state index is 0.439. The van der Waals surface area contributed by atoms with Gasteiger partial charge in [0.1, 0.15) is 0 Å². The zero-order valence-electron chi connectivity index (χ0n) is 7.44. The highest BCUT2D eigenvalue weighted by atomic mass is 14.6.